The lowest BCUT2D eigenvalue weighted by Crippen LogP contribution is -2.26. The molecule has 18 heavy (non-hydrogen) atoms. The standard InChI is InChI=1S/C14H13N3S/c1-9-8-12-13(14(18)15-9)10(2)16-17(12)11-6-4-3-5-7-11/h3-8,13H,1-2H3. The number of rotatable bonds is 1. The van der Waals surface area contributed by atoms with Crippen molar-refractivity contribution in [2.75, 3.05) is 5.01 Å². The molecule has 1 aromatic carbocycles. The predicted molar refractivity (Wildman–Crippen MR) is 79.3 cm³/mol. The fourth-order valence-corrected chi connectivity index (χ4v) is 2.76. The molecule has 1 unspecified atom stereocenters. The summed E-state index contributed by atoms with van der Waals surface area (Å²) < 4.78 is 0. The topological polar surface area (TPSA) is 28.0 Å². The number of hydrazone groups is 1. The minimum Gasteiger partial charge on any atom is -0.245 e. The number of para-hydroxylation sites is 1. The predicted octanol–water partition coefficient (Wildman–Crippen LogP) is 3.18. The molecule has 0 spiro atoms. The van der Waals surface area contributed by atoms with Crippen LogP contribution in [0.5, 0.6) is 0 Å². The van der Waals surface area contributed by atoms with Gasteiger partial charge in [0.1, 0.15) is 4.99 Å². The van der Waals surface area contributed by atoms with Crippen LogP contribution in [0.2, 0.25) is 0 Å². The summed E-state index contributed by atoms with van der Waals surface area (Å²) in [6, 6.07) is 10.1. The summed E-state index contributed by atoms with van der Waals surface area (Å²) >= 11 is 5.36. The Morgan fingerprint density at radius 3 is 2.61 bits per heavy atom. The number of hydrogen-bond donors (Lipinski definition) is 0. The van der Waals surface area contributed by atoms with Crippen molar-refractivity contribution < 1.29 is 0 Å². The molecular weight excluding hydrogens is 242 g/mol. The highest BCUT2D eigenvalue weighted by Gasteiger charge is 2.35. The minimum atomic E-state index is 0.0592. The zero-order valence-corrected chi connectivity index (χ0v) is 11.1. The first-order valence-electron chi connectivity index (χ1n) is 5.88. The van der Waals surface area contributed by atoms with Crippen molar-refractivity contribution in [3.8, 4) is 0 Å². The quantitative estimate of drug-likeness (QED) is 0.721. The molecule has 0 radical (unpaired) electrons. The van der Waals surface area contributed by atoms with Gasteiger partial charge in [-0.15, -0.1) is 0 Å². The number of anilines is 1. The van der Waals surface area contributed by atoms with E-state index < -0.39 is 0 Å². The van der Waals surface area contributed by atoms with Gasteiger partial charge in [-0.1, -0.05) is 30.4 Å². The zero-order chi connectivity index (χ0) is 12.7. The van der Waals surface area contributed by atoms with Gasteiger partial charge in [0.25, 0.3) is 0 Å². The second kappa shape index (κ2) is 4.14. The summed E-state index contributed by atoms with van der Waals surface area (Å²) in [5, 5.41) is 6.57. The molecule has 90 valence electrons. The Balaban J connectivity index is 2.08. The van der Waals surface area contributed by atoms with Crippen molar-refractivity contribution in [2.24, 2.45) is 16.0 Å². The lowest BCUT2D eigenvalue weighted by atomic mass is 9.97. The fraction of sp³-hybridized carbons (Fsp3) is 0.214. The average molecular weight is 255 g/mol. The van der Waals surface area contributed by atoms with Crippen molar-refractivity contribution >= 4 is 34.3 Å². The molecule has 0 aromatic heterocycles. The number of hydrogen-bond acceptors (Lipinski definition) is 3. The van der Waals surface area contributed by atoms with Crippen LogP contribution in [0.15, 0.2) is 52.2 Å². The normalized spacial score (nSPS) is 22.3. The van der Waals surface area contributed by atoms with Gasteiger partial charge >= 0.3 is 0 Å². The van der Waals surface area contributed by atoms with E-state index >= 15 is 0 Å². The van der Waals surface area contributed by atoms with Crippen molar-refractivity contribution in [2.45, 2.75) is 13.8 Å². The number of benzene rings is 1. The second-order valence-electron chi connectivity index (χ2n) is 4.48. The molecular formula is C14H13N3S. The average Bonchev–Trinajstić information content (AvgIpc) is 2.67. The summed E-state index contributed by atoms with van der Waals surface area (Å²) in [6.45, 7) is 3.97. The third kappa shape index (κ3) is 1.69. The van der Waals surface area contributed by atoms with Crippen LogP contribution in [0, 0.1) is 5.92 Å². The molecule has 0 fully saturated rings. The monoisotopic (exact) mass is 255 g/mol. The maximum Gasteiger partial charge on any atom is 0.118 e. The van der Waals surface area contributed by atoms with Gasteiger partial charge in [0.15, 0.2) is 0 Å². The third-order valence-corrected chi connectivity index (χ3v) is 3.43. The summed E-state index contributed by atoms with van der Waals surface area (Å²) in [6.07, 6.45) is 2.06. The van der Waals surface area contributed by atoms with Gasteiger partial charge in [-0.25, -0.2) is 10.0 Å². The summed E-state index contributed by atoms with van der Waals surface area (Å²) in [5.41, 5.74) is 4.11. The molecule has 2 aliphatic rings. The highest BCUT2D eigenvalue weighted by Crippen LogP contribution is 2.34. The SMILES string of the molecule is CC1=NC(=S)C2C(=C1)N(c1ccccc1)N=C2C. The summed E-state index contributed by atoms with van der Waals surface area (Å²) in [7, 11) is 0. The van der Waals surface area contributed by atoms with Gasteiger partial charge in [0.2, 0.25) is 0 Å². The van der Waals surface area contributed by atoms with Gasteiger partial charge in [0.05, 0.1) is 23.0 Å². The molecule has 0 N–H and O–H groups in total. The van der Waals surface area contributed by atoms with E-state index in [1.807, 2.05) is 49.2 Å². The number of dihydropyridines is 1. The third-order valence-electron chi connectivity index (χ3n) is 3.11. The molecule has 4 heteroatoms. The molecule has 3 rings (SSSR count). The van der Waals surface area contributed by atoms with Crippen molar-refractivity contribution in [1.29, 1.82) is 0 Å². The Kier molecular flexibility index (Phi) is 2.59. The lowest BCUT2D eigenvalue weighted by molar-refractivity contribution is 0.983. The molecule has 0 saturated carbocycles. The van der Waals surface area contributed by atoms with E-state index in [-0.39, 0.29) is 5.92 Å². The van der Waals surface area contributed by atoms with E-state index in [4.69, 9.17) is 12.2 Å². The van der Waals surface area contributed by atoms with Gasteiger partial charge in [-0.2, -0.15) is 5.10 Å². The van der Waals surface area contributed by atoms with Gasteiger partial charge in [-0.3, -0.25) is 0 Å². The van der Waals surface area contributed by atoms with E-state index in [0.29, 0.717) is 4.99 Å². The zero-order valence-electron chi connectivity index (χ0n) is 10.3. The smallest absolute Gasteiger partial charge is 0.118 e. The number of allylic oxidation sites excluding steroid dienone is 1. The van der Waals surface area contributed by atoms with Gasteiger partial charge < -0.3 is 0 Å². The Morgan fingerprint density at radius 1 is 1.17 bits per heavy atom. The number of nitrogens with zero attached hydrogens (tertiary/aromatic N) is 3. The number of aliphatic imine (C=N–C) groups is 1. The van der Waals surface area contributed by atoms with Gasteiger partial charge in [0, 0.05) is 5.71 Å². The van der Waals surface area contributed by atoms with Gasteiger partial charge in [-0.05, 0) is 32.1 Å². The van der Waals surface area contributed by atoms with E-state index in [0.717, 1.165) is 22.8 Å². The Labute approximate surface area is 112 Å². The van der Waals surface area contributed by atoms with Crippen LogP contribution < -0.4 is 5.01 Å². The minimum absolute atomic E-state index is 0.0592. The van der Waals surface area contributed by atoms with Crippen LogP contribution in [0.3, 0.4) is 0 Å². The van der Waals surface area contributed by atoms with E-state index in [2.05, 4.69) is 16.2 Å². The lowest BCUT2D eigenvalue weighted by Gasteiger charge is -2.22. The van der Waals surface area contributed by atoms with Crippen molar-refractivity contribution in [3.63, 3.8) is 0 Å². The van der Waals surface area contributed by atoms with E-state index in [1.54, 1.807) is 0 Å². The molecule has 1 aromatic rings. The largest absolute Gasteiger partial charge is 0.245 e. The van der Waals surface area contributed by atoms with Crippen molar-refractivity contribution in [1.82, 2.24) is 0 Å². The maximum absolute atomic E-state index is 5.36. The van der Waals surface area contributed by atoms with Crippen LogP contribution in [0.25, 0.3) is 0 Å². The summed E-state index contributed by atoms with van der Waals surface area (Å²) in [4.78, 5) is 5.08. The highest BCUT2D eigenvalue weighted by molar-refractivity contribution is 7.80. The maximum atomic E-state index is 5.36. The van der Waals surface area contributed by atoms with Crippen LogP contribution in [0.4, 0.5) is 5.69 Å². The Bertz CT molecular complexity index is 599. The van der Waals surface area contributed by atoms with Crippen LogP contribution in [0.1, 0.15) is 13.8 Å². The second-order valence-corrected chi connectivity index (χ2v) is 4.90. The molecule has 0 aliphatic carbocycles. The molecule has 0 amide bonds. The number of thiocarbonyl (C=S) groups is 1. The fourth-order valence-electron chi connectivity index (χ4n) is 2.32. The molecule has 0 bridgehead atoms. The van der Waals surface area contributed by atoms with Crippen LogP contribution in [-0.4, -0.2) is 16.4 Å². The first-order valence-corrected chi connectivity index (χ1v) is 6.28. The Morgan fingerprint density at radius 2 is 1.89 bits per heavy atom. The molecule has 1 atom stereocenters. The van der Waals surface area contributed by atoms with E-state index in [1.165, 1.54) is 0 Å². The number of fused-ring (bicyclic) bond motifs is 1. The first-order chi connectivity index (χ1) is 8.66. The van der Waals surface area contributed by atoms with E-state index in [9.17, 15) is 0 Å². The molecule has 2 aliphatic heterocycles. The Hall–Kier alpha value is -1.81. The first kappa shape index (κ1) is 11.3. The van der Waals surface area contributed by atoms with Crippen LogP contribution in [-0.2, 0) is 0 Å². The molecule has 2 heterocycles. The van der Waals surface area contributed by atoms with Crippen LogP contribution >= 0.6 is 12.2 Å². The van der Waals surface area contributed by atoms with Crippen molar-refractivity contribution in [3.05, 3.63) is 42.1 Å². The molecule has 3 nitrogen and oxygen atoms in total. The summed E-state index contributed by atoms with van der Waals surface area (Å²) in [5.74, 6) is 0.0592. The molecule has 0 saturated heterocycles. The highest BCUT2D eigenvalue weighted by atomic mass is 32.1.